The van der Waals surface area contributed by atoms with Crippen LogP contribution in [0, 0.1) is 5.92 Å². The fourth-order valence-electron chi connectivity index (χ4n) is 3.35. The summed E-state index contributed by atoms with van der Waals surface area (Å²) in [5.74, 6) is -0.0157. The summed E-state index contributed by atoms with van der Waals surface area (Å²) in [6.45, 7) is 4.49. The van der Waals surface area contributed by atoms with E-state index >= 15 is 0 Å². The van der Waals surface area contributed by atoms with E-state index in [1.165, 1.54) is 6.42 Å². The fourth-order valence-corrected chi connectivity index (χ4v) is 3.35. The van der Waals surface area contributed by atoms with Gasteiger partial charge in [0.2, 0.25) is 5.91 Å². The van der Waals surface area contributed by atoms with Crippen molar-refractivity contribution in [2.75, 3.05) is 19.8 Å². The second kappa shape index (κ2) is 8.47. The molecule has 1 aromatic heterocycles. The number of hydrogen-bond acceptors (Lipinski definition) is 4. The third kappa shape index (κ3) is 4.39. The number of nitrogens with one attached hydrogen (secondary N) is 2. The first kappa shape index (κ1) is 17.9. The van der Waals surface area contributed by atoms with Gasteiger partial charge in [0.1, 0.15) is 5.69 Å². The lowest BCUT2D eigenvalue weighted by Crippen LogP contribution is -2.44. The number of rotatable bonds is 8. The van der Waals surface area contributed by atoms with E-state index in [0.717, 1.165) is 31.4 Å². The molecular weight excluding hydrogens is 320 g/mol. The van der Waals surface area contributed by atoms with E-state index in [9.17, 15) is 9.59 Å². The van der Waals surface area contributed by atoms with Crippen LogP contribution in [0.1, 0.15) is 55.2 Å². The van der Waals surface area contributed by atoms with Crippen molar-refractivity contribution in [2.45, 2.75) is 58.0 Å². The Kier molecular flexibility index (Phi) is 6.07. The Hall–Kier alpha value is -1.89. The Bertz CT molecular complexity index is 609. The van der Waals surface area contributed by atoms with Crippen molar-refractivity contribution in [3.05, 3.63) is 17.7 Å². The highest BCUT2D eigenvalue weighted by molar-refractivity contribution is 5.93. The molecule has 1 aromatic rings. The number of carbonyl (C=O) groups is 2. The van der Waals surface area contributed by atoms with E-state index in [-0.39, 0.29) is 17.7 Å². The summed E-state index contributed by atoms with van der Waals surface area (Å²) in [6, 6.07) is 0.370. The van der Waals surface area contributed by atoms with Gasteiger partial charge < -0.3 is 19.9 Å². The van der Waals surface area contributed by atoms with E-state index in [2.05, 4.69) is 15.6 Å². The summed E-state index contributed by atoms with van der Waals surface area (Å²) in [5.41, 5.74) is 1.43. The predicted octanol–water partition coefficient (Wildman–Crippen LogP) is 1.27. The lowest BCUT2D eigenvalue weighted by Gasteiger charge is -2.30. The molecule has 1 aliphatic carbocycles. The van der Waals surface area contributed by atoms with Crippen LogP contribution in [0.25, 0.3) is 0 Å². The van der Waals surface area contributed by atoms with Crippen LogP contribution in [0.3, 0.4) is 0 Å². The first-order chi connectivity index (χ1) is 12.2. The third-order valence-electron chi connectivity index (χ3n) is 5.09. The van der Waals surface area contributed by atoms with Crippen LogP contribution in [0.5, 0.6) is 0 Å². The number of ether oxygens (including phenoxy) is 1. The lowest BCUT2D eigenvalue weighted by molar-refractivity contribution is -0.127. The molecular formula is C18H28N4O3. The molecule has 0 radical (unpaired) electrons. The topological polar surface area (TPSA) is 85.2 Å². The molecule has 7 heteroatoms. The molecule has 2 amide bonds. The lowest BCUT2D eigenvalue weighted by atomic mass is 9.91. The van der Waals surface area contributed by atoms with Crippen LogP contribution in [0.4, 0.5) is 0 Å². The molecule has 7 nitrogen and oxygen atoms in total. The first-order valence-electron chi connectivity index (χ1n) is 9.39. The minimum Gasteiger partial charge on any atom is -0.382 e. The monoisotopic (exact) mass is 348 g/mol. The number of carbonyl (C=O) groups excluding carboxylic acids is 2. The number of nitrogens with zero attached hydrogens (tertiary/aromatic N) is 2. The van der Waals surface area contributed by atoms with E-state index in [4.69, 9.17) is 4.74 Å². The molecule has 0 aromatic carbocycles. The molecule has 2 aliphatic rings. The van der Waals surface area contributed by atoms with Crippen molar-refractivity contribution in [3.63, 3.8) is 0 Å². The summed E-state index contributed by atoms with van der Waals surface area (Å²) >= 11 is 0. The average molecular weight is 348 g/mol. The zero-order valence-corrected chi connectivity index (χ0v) is 14.9. The van der Waals surface area contributed by atoms with Gasteiger partial charge in [-0.25, -0.2) is 4.98 Å². The van der Waals surface area contributed by atoms with Gasteiger partial charge in [-0.15, -0.1) is 0 Å². The van der Waals surface area contributed by atoms with Gasteiger partial charge in [0.05, 0.1) is 17.9 Å². The summed E-state index contributed by atoms with van der Waals surface area (Å²) in [6.07, 6.45) is 7.38. The molecule has 2 N–H and O–H groups in total. The van der Waals surface area contributed by atoms with Gasteiger partial charge in [-0.05, 0) is 45.4 Å². The minimum absolute atomic E-state index is 0.0237. The zero-order valence-electron chi connectivity index (χ0n) is 14.9. The highest BCUT2D eigenvalue weighted by Gasteiger charge is 2.30. The molecule has 2 heterocycles. The normalized spacial score (nSPS) is 19.8. The molecule has 1 aliphatic heterocycles. The summed E-state index contributed by atoms with van der Waals surface area (Å²) in [4.78, 5) is 28.9. The first-order valence-corrected chi connectivity index (χ1v) is 9.39. The van der Waals surface area contributed by atoms with Crippen molar-refractivity contribution in [3.8, 4) is 0 Å². The number of imidazole rings is 1. The second-order valence-corrected chi connectivity index (χ2v) is 6.87. The second-order valence-electron chi connectivity index (χ2n) is 6.87. The van der Waals surface area contributed by atoms with Crippen LogP contribution in [-0.2, 0) is 22.5 Å². The minimum atomic E-state index is -0.136. The van der Waals surface area contributed by atoms with Crippen LogP contribution in [0.15, 0.2) is 6.33 Å². The van der Waals surface area contributed by atoms with E-state index in [1.54, 1.807) is 6.33 Å². The number of hydrogen-bond donors (Lipinski definition) is 2. The molecule has 1 atom stereocenters. The van der Waals surface area contributed by atoms with Crippen molar-refractivity contribution < 1.29 is 14.3 Å². The summed E-state index contributed by atoms with van der Waals surface area (Å²) < 4.78 is 7.22. The van der Waals surface area contributed by atoms with Crippen molar-refractivity contribution in [1.29, 1.82) is 0 Å². The van der Waals surface area contributed by atoms with Gasteiger partial charge in [0, 0.05) is 32.3 Å². The highest BCUT2D eigenvalue weighted by atomic mass is 16.5. The van der Waals surface area contributed by atoms with Gasteiger partial charge in [-0.3, -0.25) is 9.59 Å². The summed E-state index contributed by atoms with van der Waals surface area (Å²) in [5, 5.41) is 6.02. The standard InChI is InChI=1S/C18H28N4O3/c1-2-25-10-4-9-19-18(24)16-15-8-7-13(11-22(15)12-20-16)17(23)21-14-5-3-6-14/h12-14H,2-11H2,1H3,(H,19,24)(H,21,23). The smallest absolute Gasteiger partial charge is 0.271 e. The van der Waals surface area contributed by atoms with Gasteiger partial charge in [0.25, 0.3) is 5.91 Å². The maximum absolute atomic E-state index is 12.3. The average Bonchev–Trinajstić information content (AvgIpc) is 3.00. The van der Waals surface area contributed by atoms with Gasteiger partial charge in [-0.1, -0.05) is 0 Å². The van der Waals surface area contributed by atoms with E-state index in [1.807, 2.05) is 11.5 Å². The predicted molar refractivity (Wildman–Crippen MR) is 93.3 cm³/mol. The van der Waals surface area contributed by atoms with Crippen LogP contribution < -0.4 is 10.6 Å². The van der Waals surface area contributed by atoms with Crippen LogP contribution in [-0.4, -0.2) is 47.2 Å². The van der Waals surface area contributed by atoms with E-state index < -0.39 is 0 Å². The third-order valence-corrected chi connectivity index (χ3v) is 5.09. The molecule has 1 fully saturated rings. The zero-order chi connectivity index (χ0) is 17.6. The number of fused-ring (bicyclic) bond motifs is 1. The number of aromatic nitrogens is 2. The SMILES string of the molecule is CCOCCCNC(=O)c1ncn2c1CCC(C(=O)NC1CCC1)C2. The van der Waals surface area contributed by atoms with Gasteiger partial charge in [0.15, 0.2) is 0 Å². The van der Waals surface area contributed by atoms with Crippen molar-refractivity contribution in [1.82, 2.24) is 20.2 Å². The van der Waals surface area contributed by atoms with E-state index in [0.29, 0.717) is 44.5 Å². The molecule has 138 valence electrons. The van der Waals surface area contributed by atoms with Gasteiger partial charge >= 0.3 is 0 Å². The quantitative estimate of drug-likeness (QED) is 0.693. The summed E-state index contributed by atoms with van der Waals surface area (Å²) in [7, 11) is 0. The maximum Gasteiger partial charge on any atom is 0.271 e. The number of amides is 2. The fraction of sp³-hybridized carbons (Fsp3) is 0.722. The Morgan fingerprint density at radius 2 is 2.20 bits per heavy atom. The Morgan fingerprint density at radius 1 is 1.36 bits per heavy atom. The molecule has 1 unspecified atom stereocenters. The molecule has 0 bridgehead atoms. The van der Waals surface area contributed by atoms with Crippen molar-refractivity contribution in [2.24, 2.45) is 5.92 Å². The Balaban J connectivity index is 1.51. The molecule has 25 heavy (non-hydrogen) atoms. The molecule has 0 saturated heterocycles. The molecule has 0 spiro atoms. The molecule has 3 rings (SSSR count). The van der Waals surface area contributed by atoms with Crippen LogP contribution >= 0.6 is 0 Å². The van der Waals surface area contributed by atoms with Crippen LogP contribution in [0.2, 0.25) is 0 Å². The highest BCUT2D eigenvalue weighted by Crippen LogP contribution is 2.24. The largest absolute Gasteiger partial charge is 0.382 e. The molecule has 1 saturated carbocycles. The van der Waals surface area contributed by atoms with Crippen molar-refractivity contribution >= 4 is 11.8 Å². The Labute approximate surface area is 148 Å². The maximum atomic E-state index is 12.3. The van der Waals surface area contributed by atoms with Gasteiger partial charge in [-0.2, -0.15) is 0 Å². The Morgan fingerprint density at radius 3 is 2.92 bits per heavy atom.